The van der Waals surface area contributed by atoms with Gasteiger partial charge in [-0.15, -0.1) is 0 Å². The van der Waals surface area contributed by atoms with Gasteiger partial charge in [-0.2, -0.15) is 10.5 Å². The number of hydrogen-bond donors (Lipinski definition) is 0. The second-order valence-corrected chi connectivity index (χ2v) is 2.89. The summed E-state index contributed by atoms with van der Waals surface area (Å²) in [6.07, 6.45) is 0. The maximum absolute atomic E-state index is 12.9. The molecule has 1 aromatic rings. The molecule has 0 aliphatic carbocycles. The van der Waals surface area contributed by atoms with E-state index in [2.05, 4.69) is 0 Å². The zero-order valence-electron chi connectivity index (χ0n) is 6.11. The predicted octanol–water partition coefficient (Wildman–Crippen LogP) is 2.88. The van der Waals surface area contributed by atoms with Crippen molar-refractivity contribution in [1.82, 2.24) is 0 Å². The molecular weight excluding hydrogens is 214 g/mol. The van der Waals surface area contributed by atoms with Gasteiger partial charge in [0.25, 0.3) is 0 Å². The van der Waals surface area contributed by atoms with Gasteiger partial charge in [0.15, 0.2) is 0 Å². The summed E-state index contributed by atoms with van der Waals surface area (Å²) in [5.74, 6) is -0.804. The summed E-state index contributed by atoms with van der Waals surface area (Å²) in [6.45, 7) is 0. The van der Waals surface area contributed by atoms with Crippen LogP contribution in [0.15, 0.2) is 6.07 Å². The van der Waals surface area contributed by atoms with Crippen molar-refractivity contribution in [2.24, 2.45) is 0 Å². The van der Waals surface area contributed by atoms with E-state index in [-0.39, 0.29) is 21.2 Å². The highest BCUT2D eigenvalue weighted by Crippen LogP contribution is 2.30. The van der Waals surface area contributed by atoms with Gasteiger partial charge in [-0.1, -0.05) is 23.2 Å². The molecule has 0 N–H and O–H groups in total. The highest BCUT2D eigenvalue weighted by Gasteiger charge is 2.14. The maximum Gasteiger partial charge on any atom is 0.144 e. The topological polar surface area (TPSA) is 47.6 Å². The van der Waals surface area contributed by atoms with Crippen LogP contribution in [0.1, 0.15) is 11.1 Å². The first-order valence-corrected chi connectivity index (χ1v) is 3.85. The second-order valence-electron chi connectivity index (χ2n) is 2.13. The summed E-state index contributed by atoms with van der Waals surface area (Å²) >= 11 is 11.0. The lowest BCUT2D eigenvalue weighted by Crippen LogP contribution is -1.90. The highest BCUT2D eigenvalue weighted by molar-refractivity contribution is 6.42. The fourth-order valence-electron chi connectivity index (χ4n) is 0.793. The molecule has 0 saturated carbocycles. The van der Waals surface area contributed by atoms with Gasteiger partial charge in [0.05, 0.1) is 21.2 Å². The van der Waals surface area contributed by atoms with Gasteiger partial charge in [-0.05, 0) is 6.07 Å². The van der Waals surface area contributed by atoms with Crippen LogP contribution in [-0.2, 0) is 0 Å². The van der Waals surface area contributed by atoms with Crippen molar-refractivity contribution in [3.63, 3.8) is 0 Å². The minimum Gasteiger partial charge on any atom is -0.205 e. The van der Waals surface area contributed by atoms with Crippen LogP contribution in [0.5, 0.6) is 0 Å². The molecule has 0 atom stereocenters. The third-order valence-corrected chi connectivity index (χ3v) is 2.24. The Morgan fingerprint density at radius 3 is 2.23 bits per heavy atom. The number of benzene rings is 1. The van der Waals surface area contributed by atoms with Crippen LogP contribution < -0.4 is 0 Å². The average Bonchev–Trinajstić information content (AvgIpc) is 2.13. The fourth-order valence-corrected chi connectivity index (χ4v) is 1.18. The molecule has 0 aliphatic heterocycles. The molecule has 0 fully saturated rings. The second kappa shape index (κ2) is 3.62. The number of hydrogen-bond acceptors (Lipinski definition) is 2. The molecule has 1 rings (SSSR count). The summed E-state index contributed by atoms with van der Waals surface area (Å²) in [5, 5.41) is 16.5. The van der Waals surface area contributed by atoms with Gasteiger partial charge in [0, 0.05) is 0 Å². The third kappa shape index (κ3) is 1.58. The van der Waals surface area contributed by atoms with E-state index in [1.165, 1.54) is 0 Å². The molecule has 5 heteroatoms. The van der Waals surface area contributed by atoms with Crippen molar-refractivity contribution in [2.45, 2.75) is 0 Å². The Morgan fingerprint density at radius 2 is 1.77 bits per heavy atom. The molecule has 0 aliphatic rings. The van der Waals surface area contributed by atoms with Crippen molar-refractivity contribution in [2.75, 3.05) is 0 Å². The molecule has 0 aromatic heterocycles. The Bertz CT molecular complexity index is 443. The third-order valence-electron chi connectivity index (χ3n) is 1.39. The molecule has 0 radical (unpaired) electrons. The molecule has 0 spiro atoms. The number of nitrogens with zero attached hydrogens (tertiary/aromatic N) is 2. The maximum atomic E-state index is 12.9. The minimum atomic E-state index is -0.804. The molecule has 1 aromatic carbocycles. The van der Waals surface area contributed by atoms with Crippen molar-refractivity contribution in [3.8, 4) is 12.1 Å². The molecule has 0 bridgehead atoms. The molecule has 64 valence electrons. The summed E-state index contributed by atoms with van der Waals surface area (Å²) in [5.41, 5.74) is -0.218. The molecule has 0 heterocycles. The Kier molecular flexibility index (Phi) is 2.72. The quantitative estimate of drug-likeness (QED) is 0.624. The Hall–Kier alpha value is -1.29. The highest BCUT2D eigenvalue weighted by atomic mass is 35.5. The van der Waals surface area contributed by atoms with Crippen molar-refractivity contribution in [1.29, 1.82) is 10.5 Å². The van der Waals surface area contributed by atoms with Gasteiger partial charge in [-0.3, -0.25) is 0 Å². The van der Waals surface area contributed by atoms with Gasteiger partial charge >= 0.3 is 0 Å². The SMILES string of the molecule is N#Cc1cc(F)c(Cl)c(Cl)c1C#N. The van der Waals surface area contributed by atoms with Crippen LogP contribution in [0, 0.1) is 28.5 Å². The van der Waals surface area contributed by atoms with E-state index in [1.807, 2.05) is 0 Å². The Balaban J connectivity index is 3.63. The largest absolute Gasteiger partial charge is 0.205 e. The first kappa shape index (κ1) is 9.80. The normalized spacial score (nSPS) is 9.00. The first-order chi connectivity index (χ1) is 6.11. The van der Waals surface area contributed by atoms with Crippen molar-refractivity contribution >= 4 is 23.2 Å². The van der Waals surface area contributed by atoms with E-state index >= 15 is 0 Å². The van der Waals surface area contributed by atoms with E-state index in [9.17, 15) is 4.39 Å². The van der Waals surface area contributed by atoms with Crippen LogP contribution in [0.25, 0.3) is 0 Å². The first-order valence-electron chi connectivity index (χ1n) is 3.09. The van der Waals surface area contributed by atoms with E-state index in [0.29, 0.717) is 0 Å². The van der Waals surface area contributed by atoms with Crippen LogP contribution in [-0.4, -0.2) is 0 Å². The molecule has 0 unspecified atom stereocenters. The lowest BCUT2D eigenvalue weighted by atomic mass is 10.1. The Labute approximate surface area is 83.7 Å². The fraction of sp³-hybridized carbons (Fsp3) is 0. The summed E-state index contributed by atoms with van der Waals surface area (Å²) in [6, 6.07) is 4.21. The van der Waals surface area contributed by atoms with Crippen LogP contribution >= 0.6 is 23.2 Å². The molecule has 0 saturated heterocycles. The summed E-state index contributed by atoms with van der Waals surface area (Å²) in [7, 11) is 0. The van der Waals surface area contributed by atoms with Crippen LogP contribution in [0.2, 0.25) is 10.0 Å². The van der Waals surface area contributed by atoms with Crippen LogP contribution in [0.4, 0.5) is 4.39 Å². The van der Waals surface area contributed by atoms with Gasteiger partial charge < -0.3 is 0 Å². The van der Waals surface area contributed by atoms with E-state index in [1.54, 1.807) is 12.1 Å². The van der Waals surface area contributed by atoms with E-state index in [0.717, 1.165) is 6.07 Å². The van der Waals surface area contributed by atoms with E-state index < -0.39 is 5.82 Å². The predicted molar refractivity (Wildman–Crippen MR) is 45.9 cm³/mol. The number of nitriles is 2. The number of rotatable bonds is 0. The zero-order chi connectivity index (χ0) is 10.0. The lowest BCUT2D eigenvalue weighted by molar-refractivity contribution is 0.627. The standard InChI is InChI=1S/C8HCl2FN2/c9-7-5(3-13)4(2-12)1-6(11)8(7)10/h1H. The Morgan fingerprint density at radius 1 is 1.15 bits per heavy atom. The van der Waals surface area contributed by atoms with Gasteiger partial charge in [0.2, 0.25) is 0 Å². The van der Waals surface area contributed by atoms with Gasteiger partial charge in [0.1, 0.15) is 18.0 Å². The molecule has 0 amide bonds. The number of halogens is 3. The zero-order valence-corrected chi connectivity index (χ0v) is 7.62. The lowest BCUT2D eigenvalue weighted by Gasteiger charge is -2.01. The molecule has 2 nitrogen and oxygen atoms in total. The molecule has 13 heavy (non-hydrogen) atoms. The minimum absolute atomic E-state index is 0.101. The van der Waals surface area contributed by atoms with E-state index in [4.69, 9.17) is 33.7 Å². The molecular formula is C8HCl2FN2. The van der Waals surface area contributed by atoms with Gasteiger partial charge in [-0.25, -0.2) is 4.39 Å². The van der Waals surface area contributed by atoms with Crippen LogP contribution in [0.3, 0.4) is 0 Å². The monoisotopic (exact) mass is 214 g/mol. The van der Waals surface area contributed by atoms with Crippen molar-refractivity contribution in [3.05, 3.63) is 33.1 Å². The summed E-state index contributed by atoms with van der Waals surface area (Å²) < 4.78 is 12.9. The smallest absolute Gasteiger partial charge is 0.144 e. The van der Waals surface area contributed by atoms with Crippen molar-refractivity contribution < 1.29 is 4.39 Å². The average molecular weight is 215 g/mol. The summed E-state index contributed by atoms with van der Waals surface area (Å²) in [4.78, 5) is 0.